The number of aromatic nitrogens is 3. The molecule has 2 rings (SSSR count). The summed E-state index contributed by atoms with van der Waals surface area (Å²) in [6.07, 6.45) is 1.65. The van der Waals surface area contributed by atoms with Crippen molar-refractivity contribution < 1.29 is 9.53 Å². The van der Waals surface area contributed by atoms with Gasteiger partial charge in [0.05, 0.1) is 12.1 Å². The van der Waals surface area contributed by atoms with E-state index in [0.29, 0.717) is 30.1 Å². The lowest BCUT2D eigenvalue weighted by Crippen LogP contribution is -2.31. The number of carbonyl (C=O) groups excluding carboxylic acids is 1. The number of aryl methyl sites for hydroxylation is 1. The predicted molar refractivity (Wildman–Crippen MR) is 62.9 cm³/mol. The number of hydrogen-bond donors (Lipinski definition) is 1. The summed E-state index contributed by atoms with van der Waals surface area (Å²) in [7, 11) is 1.59. The van der Waals surface area contributed by atoms with E-state index in [-0.39, 0.29) is 6.03 Å². The Hall–Kier alpha value is -1.95. The number of rotatable bonds is 3. The molecule has 0 radical (unpaired) electrons. The number of nitrogens with one attached hydrogen (secondary N) is 1. The van der Waals surface area contributed by atoms with Gasteiger partial charge in [-0.15, -0.1) is 0 Å². The fourth-order valence-corrected chi connectivity index (χ4v) is 1.62. The average molecular weight is 234 g/mol. The van der Waals surface area contributed by atoms with Gasteiger partial charge in [0, 0.05) is 19.9 Å². The number of imidazole rings is 1. The smallest absolute Gasteiger partial charge is 0.327 e. The molecule has 0 aliphatic heterocycles. The van der Waals surface area contributed by atoms with Gasteiger partial charge in [-0.1, -0.05) is 0 Å². The van der Waals surface area contributed by atoms with Crippen LogP contribution in [0.5, 0.6) is 0 Å². The number of amides is 1. The first-order valence-corrected chi connectivity index (χ1v) is 5.31. The maximum absolute atomic E-state index is 11.9. The van der Waals surface area contributed by atoms with Crippen LogP contribution in [0.1, 0.15) is 5.82 Å². The number of ether oxygens (including phenoxy) is 1. The van der Waals surface area contributed by atoms with E-state index in [4.69, 9.17) is 4.74 Å². The molecule has 2 heterocycles. The molecule has 2 aromatic rings. The monoisotopic (exact) mass is 234 g/mol. The standard InChI is InChI=1S/C11H14N4O2/c1-8-14-10-9(4-3-5-12-10)15(8)11(16)13-6-7-17-2/h3-5H,6-7H2,1-2H3,(H,13,16). The Kier molecular flexibility index (Phi) is 3.34. The number of pyridine rings is 1. The van der Waals surface area contributed by atoms with Crippen LogP contribution in [0.4, 0.5) is 4.79 Å². The summed E-state index contributed by atoms with van der Waals surface area (Å²) in [5.74, 6) is 0.619. The van der Waals surface area contributed by atoms with E-state index < -0.39 is 0 Å². The van der Waals surface area contributed by atoms with Crippen molar-refractivity contribution in [2.75, 3.05) is 20.3 Å². The molecular weight excluding hydrogens is 220 g/mol. The van der Waals surface area contributed by atoms with Crippen LogP contribution in [0, 0.1) is 6.92 Å². The largest absolute Gasteiger partial charge is 0.383 e. The quantitative estimate of drug-likeness (QED) is 0.802. The van der Waals surface area contributed by atoms with Crippen molar-refractivity contribution in [3.05, 3.63) is 24.2 Å². The van der Waals surface area contributed by atoms with Crippen LogP contribution in [0.2, 0.25) is 0 Å². The van der Waals surface area contributed by atoms with Gasteiger partial charge in [0.15, 0.2) is 5.65 Å². The lowest BCUT2D eigenvalue weighted by Gasteiger charge is -2.07. The second-order valence-electron chi connectivity index (χ2n) is 3.57. The third kappa shape index (κ3) is 2.26. The molecule has 0 atom stereocenters. The zero-order valence-electron chi connectivity index (χ0n) is 9.80. The molecule has 6 nitrogen and oxygen atoms in total. The van der Waals surface area contributed by atoms with E-state index in [2.05, 4.69) is 15.3 Å². The van der Waals surface area contributed by atoms with Crippen LogP contribution in [-0.2, 0) is 4.74 Å². The van der Waals surface area contributed by atoms with Crippen molar-refractivity contribution in [1.29, 1.82) is 0 Å². The lowest BCUT2D eigenvalue weighted by atomic mass is 10.4. The number of methoxy groups -OCH3 is 1. The molecule has 90 valence electrons. The topological polar surface area (TPSA) is 69.0 Å². The van der Waals surface area contributed by atoms with Crippen molar-refractivity contribution in [2.24, 2.45) is 0 Å². The van der Waals surface area contributed by atoms with Crippen molar-refractivity contribution in [1.82, 2.24) is 19.9 Å². The first-order valence-electron chi connectivity index (χ1n) is 5.31. The minimum atomic E-state index is -0.213. The van der Waals surface area contributed by atoms with Crippen LogP contribution in [0.25, 0.3) is 11.2 Å². The Morgan fingerprint density at radius 3 is 3.18 bits per heavy atom. The number of fused-ring (bicyclic) bond motifs is 1. The van der Waals surface area contributed by atoms with Gasteiger partial charge in [0.2, 0.25) is 0 Å². The molecular formula is C11H14N4O2. The summed E-state index contributed by atoms with van der Waals surface area (Å²) in [6.45, 7) is 2.72. The first kappa shape index (κ1) is 11.5. The molecule has 0 spiro atoms. The summed E-state index contributed by atoms with van der Waals surface area (Å²) in [4.78, 5) is 20.3. The van der Waals surface area contributed by atoms with Gasteiger partial charge < -0.3 is 10.1 Å². The maximum Gasteiger partial charge on any atom is 0.327 e. The molecule has 1 N–H and O–H groups in total. The minimum absolute atomic E-state index is 0.213. The molecule has 6 heteroatoms. The second kappa shape index (κ2) is 4.92. The van der Waals surface area contributed by atoms with Gasteiger partial charge in [-0.2, -0.15) is 0 Å². The molecule has 0 bridgehead atoms. The van der Waals surface area contributed by atoms with Crippen molar-refractivity contribution in [3.8, 4) is 0 Å². The number of nitrogens with zero attached hydrogens (tertiary/aromatic N) is 3. The van der Waals surface area contributed by atoms with E-state index in [1.165, 1.54) is 4.57 Å². The van der Waals surface area contributed by atoms with Gasteiger partial charge >= 0.3 is 6.03 Å². The van der Waals surface area contributed by atoms with Crippen molar-refractivity contribution >= 4 is 17.2 Å². The number of hydrogen-bond acceptors (Lipinski definition) is 4. The Morgan fingerprint density at radius 2 is 2.41 bits per heavy atom. The van der Waals surface area contributed by atoms with E-state index in [1.54, 1.807) is 26.3 Å². The molecule has 2 aromatic heterocycles. The fourth-order valence-electron chi connectivity index (χ4n) is 1.62. The maximum atomic E-state index is 11.9. The predicted octanol–water partition coefficient (Wildman–Crippen LogP) is 0.944. The summed E-state index contributed by atoms with van der Waals surface area (Å²) < 4.78 is 6.39. The van der Waals surface area contributed by atoms with Crippen molar-refractivity contribution in [2.45, 2.75) is 6.92 Å². The second-order valence-corrected chi connectivity index (χ2v) is 3.57. The zero-order chi connectivity index (χ0) is 12.3. The molecule has 1 amide bonds. The summed E-state index contributed by atoms with van der Waals surface area (Å²) in [5, 5.41) is 2.75. The molecule has 0 fully saturated rings. The number of carbonyl (C=O) groups is 1. The average Bonchev–Trinajstić information content (AvgIpc) is 2.65. The highest BCUT2D eigenvalue weighted by Gasteiger charge is 2.13. The molecule has 0 unspecified atom stereocenters. The van der Waals surface area contributed by atoms with Crippen LogP contribution in [-0.4, -0.2) is 40.8 Å². The molecule has 0 aromatic carbocycles. The Balaban J connectivity index is 2.28. The van der Waals surface area contributed by atoms with Crippen LogP contribution in [0.15, 0.2) is 18.3 Å². The minimum Gasteiger partial charge on any atom is -0.383 e. The lowest BCUT2D eigenvalue weighted by molar-refractivity contribution is 0.196. The van der Waals surface area contributed by atoms with Gasteiger partial charge in [0.1, 0.15) is 5.82 Å². The van der Waals surface area contributed by atoms with E-state index >= 15 is 0 Å². The SMILES string of the molecule is COCCNC(=O)n1c(C)nc2ncccc21. The molecule has 0 aliphatic carbocycles. The summed E-state index contributed by atoms with van der Waals surface area (Å²) >= 11 is 0. The highest BCUT2D eigenvalue weighted by Crippen LogP contribution is 2.12. The van der Waals surface area contributed by atoms with Gasteiger partial charge in [-0.25, -0.2) is 19.3 Å². The van der Waals surface area contributed by atoms with Gasteiger partial charge in [0.25, 0.3) is 0 Å². The highest BCUT2D eigenvalue weighted by molar-refractivity contribution is 5.88. The third-order valence-corrected chi connectivity index (χ3v) is 2.38. The third-order valence-electron chi connectivity index (χ3n) is 2.38. The van der Waals surface area contributed by atoms with Crippen LogP contribution < -0.4 is 5.32 Å². The molecule has 0 saturated carbocycles. The van der Waals surface area contributed by atoms with E-state index in [1.807, 2.05) is 6.07 Å². The Bertz CT molecular complexity index is 535. The Morgan fingerprint density at radius 1 is 1.59 bits per heavy atom. The molecule has 0 aliphatic rings. The Labute approximate surface area is 98.6 Å². The van der Waals surface area contributed by atoms with Gasteiger partial charge in [-0.3, -0.25) is 0 Å². The zero-order valence-corrected chi connectivity index (χ0v) is 9.80. The first-order chi connectivity index (χ1) is 8.24. The van der Waals surface area contributed by atoms with E-state index in [0.717, 1.165) is 0 Å². The summed E-state index contributed by atoms with van der Waals surface area (Å²) in [5.41, 5.74) is 1.28. The molecule has 0 saturated heterocycles. The van der Waals surface area contributed by atoms with Crippen LogP contribution >= 0.6 is 0 Å². The summed E-state index contributed by atoms with van der Waals surface area (Å²) in [6, 6.07) is 3.38. The van der Waals surface area contributed by atoms with Crippen LogP contribution in [0.3, 0.4) is 0 Å². The highest BCUT2D eigenvalue weighted by atomic mass is 16.5. The van der Waals surface area contributed by atoms with Gasteiger partial charge in [-0.05, 0) is 19.1 Å². The van der Waals surface area contributed by atoms with Crippen molar-refractivity contribution in [3.63, 3.8) is 0 Å². The fraction of sp³-hybridized carbons (Fsp3) is 0.364. The van der Waals surface area contributed by atoms with E-state index in [9.17, 15) is 4.79 Å². The molecule has 17 heavy (non-hydrogen) atoms. The normalized spacial score (nSPS) is 10.7.